The molecular weight excluding hydrogens is 406 g/mol. The Hall–Kier alpha value is -1.92. The molecule has 0 fully saturated rings. The SMILES string of the molecule is Cl.Nc1ncc(-c2ccc(NC(=O)c3cc(Cl)cc(Cl)c3)c(Cl)c2)[nH]1. The van der Waals surface area contributed by atoms with Crippen molar-refractivity contribution in [1.82, 2.24) is 9.97 Å². The molecule has 3 aromatic rings. The lowest BCUT2D eigenvalue weighted by atomic mass is 10.1. The number of benzene rings is 2. The smallest absolute Gasteiger partial charge is 0.255 e. The Kier molecular flexibility index (Phi) is 6.19. The number of imidazole rings is 1. The van der Waals surface area contributed by atoms with E-state index in [0.717, 1.165) is 11.3 Å². The molecule has 0 radical (unpaired) electrons. The fourth-order valence-corrected chi connectivity index (χ4v) is 2.90. The predicted octanol–water partition coefficient (Wildman–Crippen LogP) is 5.29. The Balaban J connectivity index is 0.00000225. The van der Waals surface area contributed by atoms with Gasteiger partial charge in [-0.1, -0.05) is 40.9 Å². The number of hydrogen-bond donors (Lipinski definition) is 3. The number of carbonyl (C=O) groups excluding carboxylic acids is 1. The molecule has 25 heavy (non-hydrogen) atoms. The van der Waals surface area contributed by atoms with Crippen LogP contribution in [0.1, 0.15) is 10.4 Å². The van der Waals surface area contributed by atoms with E-state index in [9.17, 15) is 4.79 Å². The zero-order chi connectivity index (χ0) is 17.3. The van der Waals surface area contributed by atoms with E-state index in [1.807, 2.05) is 0 Å². The minimum atomic E-state index is -0.361. The van der Waals surface area contributed by atoms with Crippen LogP contribution in [0.2, 0.25) is 15.1 Å². The van der Waals surface area contributed by atoms with Crippen LogP contribution in [0.25, 0.3) is 11.3 Å². The molecule has 4 N–H and O–H groups in total. The van der Waals surface area contributed by atoms with Crippen molar-refractivity contribution in [1.29, 1.82) is 0 Å². The zero-order valence-electron chi connectivity index (χ0n) is 12.5. The van der Waals surface area contributed by atoms with E-state index in [1.165, 1.54) is 12.1 Å². The molecule has 130 valence electrons. The van der Waals surface area contributed by atoms with Crippen molar-refractivity contribution in [2.75, 3.05) is 11.1 Å². The van der Waals surface area contributed by atoms with E-state index < -0.39 is 0 Å². The van der Waals surface area contributed by atoms with Crippen LogP contribution in [0.5, 0.6) is 0 Å². The first kappa shape index (κ1) is 19.4. The van der Waals surface area contributed by atoms with Gasteiger partial charge in [-0.2, -0.15) is 0 Å². The largest absolute Gasteiger partial charge is 0.369 e. The molecular formula is C16H12Cl4N4O. The first-order valence-corrected chi connectivity index (χ1v) is 7.93. The normalized spacial score (nSPS) is 10.2. The maximum Gasteiger partial charge on any atom is 0.255 e. The number of anilines is 2. The first-order valence-electron chi connectivity index (χ1n) is 6.80. The Labute approximate surface area is 164 Å². The van der Waals surface area contributed by atoms with Gasteiger partial charge < -0.3 is 16.0 Å². The molecule has 0 saturated heterocycles. The maximum atomic E-state index is 12.3. The van der Waals surface area contributed by atoms with Gasteiger partial charge in [0.15, 0.2) is 5.95 Å². The van der Waals surface area contributed by atoms with Crippen LogP contribution < -0.4 is 11.1 Å². The van der Waals surface area contributed by atoms with Crippen LogP contribution in [-0.2, 0) is 0 Å². The van der Waals surface area contributed by atoms with Crippen LogP contribution in [-0.4, -0.2) is 15.9 Å². The molecule has 0 aliphatic carbocycles. The lowest BCUT2D eigenvalue weighted by molar-refractivity contribution is 0.102. The summed E-state index contributed by atoms with van der Waals surface area (Å²) < 4.78 is 0. The molecule has 1 amide bonds. The first-order chi connectivity index (χ1) is 11.4. The Morgan fingerprint density at radius 1 is 1.08 bits per heavy atom. The second-order valence-electron chi connectivity index (χ2n) is 4.99. The second kappa shape index (κ2) is 7.97. The molecule has 0 bridgehead atoms. The van der Waals surface area contributed by atoms with E-state index in [4.69, 9.17) is 40.5 Å². The molecule has 0 aliphatic rings. The third kappa shape index (κ3) is 4.58. The van der Waals surface area contributed by atoms with Gasteiger partial charge in [-0.3, -0.25) is 4.79 Å². The van der Waals surface area contributed by atoms with Gasteiger partial charge in [-0.15, -0.1) is 12.4 Å². The molecule has 0 aliphatic heterocycles. The van der Waals surface area contributed by atoms with Crippen molar-refractivity contribution in [2.24, 2.45) is 0 Å². The van der Waals surface area contributed by atoms with Gasteiger partial charge in [0.25, 0.3) is 5.91 Å². The topological polar surface area (TPSA) is 83.8 Å². The Bertz CT molecular complexity index is 906. The highest BCUT2D eigenvalue weighted by atomic mass is 35.5. The van der Waals surface area contributed by atoms with E-state index >= 15 is 0 Å². The minimum absolute atomic E-state index is 0. The van der Waals surface area contributed by atoms with E-state index in [0.29, 0.717) is 32.3 Å². The standard InChI is InChI=1S/C16H11Cl3N4O.ClH/c17-10-3-9(4-11(18)6-10)15(24)22-13-2-1-8(5-12(13)19)14-7-21-16(20)23-14;/h1-7H,(H,22,24)(H3,20,21,23);1H. The van der Waals surface area contributed by atoms with Crippen molar-refractivity contribution in [3.8, 4) is 11.3 Å². The van der Waals surface area contributed by atoms with Crippen LogP contribution in [0.15, 0.2) is 42.6 Å². The summed E-state index contributed by atoms with van der Waals surface area (Å²) in [4.78, 5) is 19.2. The van der Waals surface area contributed by atoms with Gasteiger partial charge in [0, 0.05) is 21.2 Å². The summed E-state index contributed by atoms with van der Waals surface area (Å²) in [5.41, 5.74) is 7.90. The van der Waals surface area contributed by atoms with Gasteiger partial charge in [-0.25, -0.2) is 4.98 Å². The number of carbonyl (C=O) groups is 1. The summed E-state index contributed by atoms with van der Waals surface area (Å²) in [6.07, 6.45) is 1.60. The molecule has 0 spiro atoms. The van der Waals surface area contributed by atoms with E-state index in [2.05, 4.69) is 15.3 Å². The molecule has 5 nitrogen and oxygen atoms in total. The van der Waals surface area contributed by atoms with Crippen molar-refractivity contribution in [3.63, 3.8) is 0 Å². The molecule has 0 atom stereocenters. The van der Waals surface area contributed by atoms with Crippen molar-refractivity contribution >= 4 is 64.8 Å². The number of rotatable bonds is 3. The second-order valence-corrected chi connectivity index (χ2v) is 6.27. The van der Waals surface area contributed by atoms with Gasteiger partial charge in [0.1, 0.15) is 0 Å². The number of nitrogens with two attached hydrogens (primary N) is 1. The average molecular weight is 418 g/mol. The number of nitrogen functional groups attached to an aromatic ring is 1. The fraction of sp³-hybridized carbons (Fsp3) is 0. The van der Waals surface area contributed by atoms with Crippen molar-refractivity contribution < 1.29 is 4.79 Å². The van der Waals surface area contributed by atoms with Gasteiger partial charge in [0.2, 0.25) is 0 Å². The van der Waals surface area contributed by atoms with Gasteiger partial charge in [-0.05, 0) is 30.3 Å². The average Bonchev–Trinajstić information content (AvgIpc) is 2.95. The highest BCUT2D eigenvalue weighted by Gasteiger charge is 2.12. The lowest BCUT2D eigenvalue weighted by Crippen LogP contribution is -2.12. The molecule has 1 heterocycles. The van der Waals surface area contributed by atoms with E-state index in [-0.39, 0.29) is 18.3 Å². The minimum Gasteiger partial charge on any atom is -0.369 e. The maximum absolute atomic E-state index is 12.3. The molecule has 0 saturated carbocycles. The molecule has 2 aromatic carbocycles. The zero-order valence-corrected chi connectivity index (χ0v) is 15.6. The molecule has 0 unspecified atom stereocenters. The summed E-state index contributed by atoms with van der Waals surface area (Å²) in [5.74, 6) is -0.0452. The molecule has 9 heteroatoms. The number of H-pyrrole nitrogens is 1. The fourth-order valence-electron chi connectivity index (χ4n) is 2.15. The summed E-state index contributed by atoms with van der Waals surface area (Å²) in [6, 6.07) is 9.79. The molecule has 3 rings (SSSR count). The number of nitrogens with one attached hydrogen (secondary N) is 2. The number of amides is 1. The highest BCUT2D eigenvalue weighted by molar-refractivity contribution is 6.36. The molecule has 1 aromatic heterocycles. The number of halogens is 4. The van der Waals surface area contributed by atoms with Gasteiger partial charge in [0.05, 0.1) is 22.6 Å². The quantitative estimate of drug-likeness (QED) is 0.541. The van der Waals surface area contributed by atoms with Gasteiger partial charge >= 0.3 is 0 Å². The van der Waals surface area contributed by atoms with Crippen LogP contribution in [0.3, 0.4) is 0 Å². The monoisotopic (exact) mass is 416 g/mol. The summed E-state index contributed by atoms with van der Waals surface area (Å²) in [7, 11) is 0. The number of nitrogens with zero attached hydrogens (tertiary/aromatic N) is 1. The Morgan fingerprint density at radius 2 is 1.76 bits per heavy atom. The van der Waals surface area contributed by atoms with Crippen molar-refractivity contribution in [2.45, 2.75) is 0 Å². The summed E-state index contributed by atoms with van der Waals surface area (Å²) in [5, 5.41) is 3.86. The van der Waals surface area contributed by atoms with Crippen LogP contribution >= 0.6 is 47.2 Å². The summed E-state index contributed by atoms with van der Waals surface area (Å²) in [6.45, 7) is 0. The third-order valence-electron chi connectivity index (χ3n) is 3.25. The van der Waals surface area contributed by atoms with Crippen molar-refractivity contribution in [3.05, 3.63) is 63.2 Å². The van der Waals surface area contributed by atoms with Crippen LogP contribution in [0, 0.1) is 0 Å². The third-order valence-corrected chi connectivity index (χ3v) is 4.00. The predicted molar refractivity (Wildman–Crippen MR) is 105 cm³/mol. The lowest BCUT2D eigenvalue weighted by Gasteiger charge is -2.09. The highest BCUT2D eigenvalue weighted by Crippen LogP contribution is 2.29. The summed E-state index contributed by atoms with van der Waals surface area (Å²) >= 11 is 18.1. The Morgan fingerprint density at radius 3 is 2.32 bits per heavy atom. The number of aromatic amines is 1. The van der Waals surface area contributed by atoms with E-state index in [1.54, 1.807) is 30.5 Å². The van der Waals surface area contributed by atoms with Crippen LogP contribution in [0.4, 0.5) is 11.6 Å². The number of hydrogen-bond acceptors (Lipinski definition) is 3. The number of aromatic nitrogens is 2.